The molecule has 0 spiro atoms. The molecular formula is C15H15N3O4. The first-order valence-corrected chi connectivity index (χ1v) is 6.85. The Hall–Kier alpha value is -2.83. The molecule has 0 aromatic carbocycles. The number of carbonyl (C=O) groups is 2. The summed E-state index contributed by atoms with van der Waals surface area (Å²) in [5.41, 5.74) is 1.05. The molecule has 0 aliphatic carbocycles. The first-order valence-electron chi connectivity index (χ1n) is 6.85. The average molecular weight is 301 g/mol. The number of pyridine rings is 1. The van der Waals surface area contributed by atoms with Crippen LogP contribution < -0.4 is 10.1 Å². The maximum absolute atomic E-state index is 12.4. The maximum atomic E-state index is 12.4. The number of nitrogens with zero attached hydrogens (tertiary/aromatic N) is 2. The molecule has 1 amide bonds. The summed E-state index contributed by atoms with van der Waals surface area (Å²) in [7, 11) is 1.55. The average Bonchev–Trinajstić information content (AvgIpc) is 2.89. The Balaban J connectivity index is 1.83. The molecule has 0 fully saturated rings. The summed E-state index contributed by atoms with van der Waals surface area (Å²) in [6.07, 6.45) is 2.27. The van der Waals surface area contributed by atoms with Gasteiger partial charge >= 0.3 is 5.97 Å². The maximum Gasteiger partial charge on any atom is 0.352 e. The minimum absolute atomic E-state index is 0.0654. The van der Waals surface area contributed by atoms with Crippen molar-refractivity contribution in [3.8, 4) is 5.75 Å². The van der Waals surface area contributed by atoms with Crippen LogP contribution >= 0.6 is 0 Å². The van der Waals surface area contributed by atoms with Crippen molar-refractivity contribution in [2.24, 2.45) is 7.05 Å². The van der Waals surface area contributed by atoms with Crippen molar-refractivity contribution in [2.45, 2.75) is 12.5 Å². The highest BCUT2D eigenvalue weighted by molar-refractivity contribution is 5.96. The van der Waals surface area contributed by atoms with E-state index in [0.717, 1.165) is 0 Å². The van der Waals surface area contributed by atoms with Crippen LogP contribution in [0.2, 0.25) is 0 Å². The normalized spacial score (nSPS) is 16.5. The van der Waals surface area contributed by atoms with Crippen molar-refractivity contribution in [1.29, 1.82) is 0 Å². The van der Waals surface area contributed by atoms with Gasteiger partial charge in [-0.2, -0.15) is 0 Å². The zero-order valence-corrected chi connectivity index (χ0v) is 11.9. The van der Waals surface area contributed by atoms with Crippen LogP contribution in [-0.4, -0.2) is 33.1 Å². The fourth-order valence-electron chi connectivity index (χ4n) is 2.54. The number of hydrogen-bond donors (Lipinski definition) is 2. The first-order chi connectivity index (χ1) is 10.6. The highest BCUT2D eigenvalue weighted by Crippen LogP contribution is 2.29. The Bertz CT molecular complexity index is 738. The first kappa shape index (κ1) is 14.1. The van der Waals surface area contributed by atoms with E-state index in [9.17, 15) is 9.59 Å². The van der Waals surface area contributed by atoms with Gasteiger partial charge in [0.1, 0.15) is 22.8 Å². The van der Waals surface area contributed by atoms with Crippen LogP contribution in [0.25, 0.3) is 0 Å². The van der Waals surface area contributed by atoms with Crippen LogP contribution in [0.4, 0.5) is 0 Å². The van der Waals surface area contributed by atoms with Crippen LogP contribution in [0.15, 0.2) is 30.5 Å². The molecule has 2 aromatic rings. The molecule has 1 aliphatic rings. The summed E-state index contributed by atoms with van der Waals surface area (Å²) in [5.74, 6) is -0.740. The third kappa shape index (κ3) is 2.41. The Kier molecular flexibility index (Phi) is 3.54. The number of nitrogens with one attached hydrogen (secondary N) is 1. The van der Waals surface area contributed by atoms with Crippen molar-refractivity contribution in [3.63, 3.8) is 0 Å². The van der Waals surface area contributed by atoms with E-state index in [0.29, 0.717) is 30.2 Å². The van der Waals surface area contributed by atoms with Crippen LogP contribution in [-0.2, 0) is 7.05 Å². The van der Waals surface area contributed by atoms with Gasteiger partial charge in [-0.05, 0) is 24.3 Å². The van der Waals surface area contributed by atoms with E-state index in [1.165, 1.54) is 16.7 Å². The van der Waals surface area contributed by atoms with E-state index in [4.69, 9.17) is 9.84 Å². The lowest BCUT2D eigenvalue weighted by Gasteiger charge is -2.25. The molecule has 7 heteroatoms. The summed E-state index contributed by atoms with van der Waals surface area (Å²) in [6.45, 7) is 0.497. The predicted octanol–water partition coefficient (Wildman–Crippen LogP) is 1.37. The standard InChI is InChI=1S/C15H15N3O4/c1-18-10(4-5-11(18)15(20)21)14(19)17-9-6-8-22-12-3-2-7-16-13(9)12/h2-5,7,9H,6,8H2,1H3,(H,17,19)(H,20,21). The van der Waals surface area contributed by atoms with Crippen LogP contribution in [0.1, 0.15) is 39.1 Å². The molecule has 0 bridgehead atoms. The molecule has 2 N–H and O–H groups in total. The van der Waals surface area contributed by atoms with Gasteiger partial charge in [-0.1, -0.05) is 0 Å². The van der Waals surface area contributed by atoms with Gasteiger partial charge in [0.15, 0.2) is 0 Å². The van der Waals surface area contributed by atoms with E-state index in [1.54, 1.807) is 19.3 Å². The number of ether oxygens (including phenoxy) is 1. The van der Waals surface area contributed by atoms with Gasteiger partial charge in [0.2, 0.25) is 0 Å². The van der Waals surface area contributed by atoms with Crippen molar-refractivity contribution >= 4 is 11.9 Å². The number of rotatable bonds is 3. The largest absolute Gasteiger partial charge is 0.491 e. The van der Waals surface area contributed by atoms with Crippen molar-refractivity contribution in [1.82, 2.24) is 14.9 Å². The van der Waals surface area contributed by atoms with Gasteiger partial charge in [0, 0.05) is 19.7 Å². The van der Waals surface area contributed by atoms with Crippen LogP contribution in [0.5, 0.6) is 5.75 Å². The highest BCUT2D eigenvalue weighted by atomic mass is 16.5. The molecule has 0 saturated carbocycles. The third-order valence-corrected chi connectivity index (χ3v) is 3.67. The smallest absolute Gasteiger partial charge is 0.352 e. The lowest BCUT2D eigenvalue weighted by Crippen LogP contribution is -2.33. The number of carboxylic acids is 1. The highest BCUT2D eigenvalue weighted by Gasteiger charge is 2.26. The topological polar surface area (TPSA) is 93.5 Å². The minimum Gasteiger partial charge on any atom is -0.491 e. The summed E-state index contributed by atoms with van der Waals surface area (Å²) < 4.78 is 6.86. The molecule has 1 aliphatic heterocycles. The SMILES string of the molecule is Cn1c(C(=O)O)ccc1C(=O)NC1CCOc2cccnc21. The van der Waals surface area contributed by atoms with E-state index < -0.39 is 5.97 Å². The molecule has 1 unspecified atom stereocenters. The second kappa shape index (κ2) is 5.51. The molecule has 114 valence electrons. The summed E-state index contributed by atoms with van der Waals surface area (Å²) in [4.78, 5) is 27.7. The molecule has 0 radical (unpaired) electrons. The lowest BCUT2D eigenvalue weighted by molar-refractivity contribution is 0.0686. The van der Waals surface area contributed by atoms with Gasteiger partial charge in [0.25, 0.3) is 5.91 Å². The molecule has 2 aromatic heterocycles. The number of aromatic carboxylic acids is 1. The van der Waals surface area contributed by atoms with Gasteiger partial charge in [-0.3, -0.25) is 9.78 Å². The van der Waals surface area contributed by atoms with Crippen molar-refractivity contribution in [2.75, 3.05) is 6.61 Å². The van der Waals surface area contributed by atoms with Gasteiger partial charge < -0.3 is 19.7 Å². The zero-order chi connectivity index (χ0) is 15.7. The lowest BCUT2D eigenvalue weighted by atomic mass is 10.1. The predicted molar refractivity (Wildman–Crippen MR) is 76.9 cm³/mol. The number of aromatic nitrogens is 2. The number of hydrogen-bond acceptors (Lipinski definition) is 4. The minimum atomic E-state index is -1.07. The third-order valence-electron chi connectivity index (χ3n) is 3.67. The van der Waals surface area contributed by atoms with Crippen LogP contribution in [0.3, 0.4) is 0 Å². The molecule has 1 atom stereocenters. The Labute approximate surface area is 126 Å². The number of amides is 1. The second-order valence-corrected chi connectivity index (χ2v) is 5.02. The molecule has 3 heterocycles. The van der Waals surface area contributed by atoms with E-state index in [1.807, 2.05) is 6.07 Å². The quantitative estimate of drug-likeness (QED) is 0.893. The Morgan fingerprint density at radius 3 is 2.86 bits per heavy atom. The summed E-state index contributed by atoms with van der Waals surface area (Å²) >= 11 is 0. The number of fused-ring (bicyclic) bond motifs is 1. The molecule has 3 rings (SSSR count). The summed E-state index contributed by atoms with van der Waals surface area (Å²) in [6, 6.07) is 6.25. The van der Waals surface area contributed by atoms with E-state index in [-0.39, 0.29) is 17.6 Å². The molecular weight excluding hydrogens is 286 g/mol. The van der Waals surface area contributed by atoms with E-state index >= 15 is 0 Å². The Morgan fingerprint density at radius 2 is 2.14 bits per heavy atom. The zero-order valence-electron chi connectivity index (χ0n) is 11.9. The fourth-order valence-corrected chi connectivity index (χ4v) is 2.54. The molecule has 7 nitrogen and oxygen atoms in total. The van der Waals surface area contributed by atoms with Gasteiger partial charge in [-0.25, -0.2) is 4.79 Å². The van der Waals surface area contributed by atoms with Crippen molar-refractivity contribution in [3.05, 3.63) is 47.5 Å². The molecule has 0 saturated heterocycles. The Morgan fingerprint density at radius 1 is 1.36 bits per heavy atom. The second-order valence-electron chi connectivity index (χ2n) is 5.02. The number of carbonyl (C=O) groups excluding carboxylic acids is 1. The van der Waals surface area contributed by atoms with Gasteiger partial charge in [0.05, 0.1) is 12.6 Å². The molecule has 22 heavy (non-hydrogen) atoms. The van der Waals surface area contributed by atoms with Crippen molar-refractivity contribution < 1.29 is 19.4 Å². The fraction of sp³-hybridized carbons (Fsp3) is 0.267. The van der Waals surface area contributed by atoms with E-state index in [2.05, 4.69) is 10.3 Å². The van der Waals surface area contributed by atoms with Gasteiger partial charge in [-0.15, -0.1) is 0 Å². The van der Waals surface area contributed by atoms with Crippen LogP contribution in [0, 0.1) is 0 Å². The summed E-state index contributed by atoms with van der Waals surface area (Å²) in [5, 5.41) is 11.9. The monoisotopic (exact) mass is 301 g/mol. The number of carboxylic acid groups (broad SMARTS) is 1.